The zero-order chi connectivity index (χ0) is 16.5. The number of hydrogen-bond acceptors (Lipinski definition) is 3. The van der Waals surface area contributed by atoms with Crippen molar-refractivity contribution >= 4 is 11.0 Å². The lowest BCUT2D eigenvalue weighted by Crippen LogP contribution is -1.90. The maximum atomic E-state index is 4.65. The van der Waals surface area contributed by atoms with E-state index in [1.165, 1.54) is 16.7 Å². The van der Waals surface area contributed by atoms with Crippen LogP contribution in [0.1, 0.15) is 12.5 Å². The van der Waals surface area contributed by atoms with Crippen molar-refractivity contribution in [1.82, 2.24) is 19.5 Å². The van der Waals surface area contributed by atoms with Crippen LogP contribution in [-0.4, -0.2) is 19.5 Å². The predicted molar refractivity (Wildman–Crippen MR) is 96.6 cm³/mol. The molecular weight excluding hydrogens is 296 g/mol. The van der Waals surface area contributed by atoms with E-state index in [2.05, 4.69) is 63.0 Å². The molecule has 4 rings (SSSR count). The molecule has 24 heavy (non-hydrogen) atoms. The molecule has 1 aromatic carbocycles. The molecule has 0 aliphatic rings. The highest BCUT2D eigenvalue weighted by atomic mass is 15.0. The fourth-order valence-corrected chi connectivity index (χ4v) is 3.16. The molecule has 0 radical (unpaired) electrons. The summed E-state index contributed by atoms with van der Waals surface area (Å²) in [6, 6.07) is 10.7. The molecule has 0 amide bonds. The van der Waals surface area contributed by atoms with E-state index >= 15 is 0 Å². The third kappa shape index (κ3) is 2.36. The average Bonchev–Trinajstić information content (AvgIpc) is 2.98. The number of rotatable bonds is 3. The number of pyridine rings is 1. The molecule has 0 saturated heterocycles. The van der Waals surface area contributed by atoms with Gasteiger partial charge in [0.1, 0.15) is 5.65 Å². The molecule has 0 bridgehead atoms. The van der Waals surface area contributed by atoms with Crippen LogP contribution >= 0.6 is 0 Å². The molecule has 0 N–H and O–H groups in total. The Bertz CT molecular complexity index is 1000. The Hall–Kier alpha value is -3.01. The minimum atomic E-state index is 0.838. The summed E-state index contributed by atoms with van der Waals surface area (Å²) >= 11 is 0. The minimum Gasteiger partial charge on any atom is -0.335 e. The third-order valence-electron chi connectivity index (χ3n) is 4.36. The lowest BCUT2D eigenvalue weighted by molar-refractivity contribution is 0.949. The Morgan fingerprint density at radius 1 is 1.00 bits per heavy atom. The first-order valence-corrected chi connectivity index (χ1v) is 8.07. The van der Waals surface area contributed by atoms with E-state index in [1.54, 1.807) is 18.6 Å². The van der Waals surface area contributed by atoms with E-state index in [0.29, 0.717) is 0 Å². The van der Waals surface area contributed by atoms with Crippen molar-refractivity contribution in [3.05, 3.63) is 66.9 Å². The topological polar surface area (TPSA) is 43.6 Å². The molecule has 4 nitrogen and oxygen atoms in total. The molecule has 118 valence electrons. The highest BCUT2D eigenvalue weighted by Crippen LogP contribution is 2.33. The van der Waals surface area contributed by atoms with Crippen LogP contribution < -0.4 is 0 Å². The van der Waals surface area contributed by atoms with Gasteiger partial charge in [0.25, 0.3) is 0 Å². The summed E-state index contributed by atoms with van der Waals surface area (Å²) in [4.78, 5) is 13.2. The van der Waals surface area contributed by atoms with Crippen LogP contribution in [0.2, 0.25) is 0 Å². The van der Waals surface area contributed by atoms with Gasteiger partial charge >= 0.3 is 0 Å². The summed E-state index contributed by atoms with van der Waals surface area (Å²) < 4.78 is 2.08. The molecule has 4 heteroatoms. The minimum absolute atomic E-state index is 0.838. The van der Waals surface area contributed by atoms with E-state index in [-0.39, 0.29) is 0 Å². The second-order valence-electron chi connectivity index (χ2n) is 5.85. The molecule has 0 aliphatic heterocycles. The fraction of sp³-hybridized carbons (Fsp3) is 0.150. The average molecular weight is 314 g/mol. The van der Waals surface area contributed by atoms with Crippen LogP contribution in [0, 0.1) is 0 Å². The van der Waals surface area contributed by atoms with Gasteiger partial charge in [0.15, 0.2) is 0 Å². The van der Waals surface area contributed by atoms with Gasteiger partial charge in [-0.1, -0.05) is 31.2 Å². The van der Waals surface area contributed by atoms with E-state index < -0.39 is 0 Å². The maximum absolute atomic E-state index is 4.65. The molecule has 0 saturated carbocycles. The van der Waals surface area contributed by atoms with Gasteiger partial charge in [-0.15, -0.1) is 0 Å². The third-order valence-corrected chi connectivity index (χ3v) is 4.36. The summed E-state index contributed by atoms with van der Waals surface area (Å²) in [6.45, 7) is 2.19. The summed E-state index contributed by atoms with van der Waals surface area (Å²) in [5.41, 5.74) is 6.62. The zero-order valence-corrected chi connectivity index (χ0v) is 13.8. The smallest absolute Gasteiger partial charge is 0.140 e. The fourth-order valence-electron chi connectivity index (χ4n) is 3.16. The number of fused-ring (bicyclic) bond motifs is 1. The van der Waals surface area contributed by atoms with Gasteiger partial charge in [-0.2, -0.15) is 0 Å². The molecular formula is C20H18N4. The van der Waals surface area contributed by atoms with Crippen molar-refractivity contribution in [2.75, 3.05) is 0 Å². The van der Waals surface area contributed by atoms with Crippen molar-refractivity contribution in [2.24, 2.45) is 7.05 Å². The monoisotopic (exact) mass is 314 g/mol. The van der Waals surface area contributed by atoms with Crippen molar-refractivity contribution in [1.29, 1.82) is 0 Å². The number of aromatic nitrogens is 4. The van der Waals surface area contributed by atoms with Crippen LogP contribution in [0.3, 0.4) is 0 Å². The lowest BCUT2D eigenvalue weighted by atomic mass is 9.98. The molecule has 0 atom stereocenters. The van der Waals surface area contributed by atoms with Gasteiger partial charge in [-0.05, 0) is 23.6 Å². The van der Waals surface area contributed by atoms with Crippen LogP contribution in [0.4, 0.5) is 0 Å². The van der Waals surface area contributed by atoms with Gasteiger partial charge < -0.3 is 4.57 Å². The largest absolute Gasteiger partial charge is 0.335 e. The molecule has 0 spiro atoms. The molecule has 3 heterocycles. The van der Waals surface area contributed by atoms with Gasteiger partial charge in [0, 0.05) is 48.3 Å². The lowest BCUT2D eigenvalue weighted by Gasteiger charge is -2.07. The summed E-state index contributed by atoms with van der Waals surface area (Å²) in [7, 11) is 2.04. The predicted octanol–water partition coefficient (Wildman–Crippen LogP) is 4.26. The standard InChI is InChI=1S/C20H18N4/c1-3-14-6-4-5-7-16(14)18-13-24(2)20-17(18)10-15(11-23-20)19-12-21-8-9-22-19/h4-13H,3H2,1-2H3. The van der Waals surface area contributed by atoms with Crippen molar-refractivity contribution < 1.29 is 0 Å². The Balaban J connectivity index is 1.96. The second kappa shape index (κ2) is 5.89. The Morgan fingerprint density at radius 3 is 2.67 bits per heavy atom. The van der Waals surface area contributed by atoms with Crippen molar-refractivity contribution in [2.45, 2.75) is 13.3 Å². The molecule has 3 aromatic heterocycles. The van der Waals surface area contributed by atoms with Crippen LogP contribution in [0.25, 0.3) is 33.4 Å². The normalized spacial score (nSPS) is 11.1. The van der Waals surface area contributed by atoms with Gasteiger partial charge in [-0.3, -0.25) is 9.97 Å². The van der Waals surface area contributed by atoms with Crippen LogP contribution in [0.15, 0.2) is 61.3 Å². The first-order chi connectivity index (χ1) is 11.8. The SMILES string of the molecule is CCc1ccccc1-c1cn(C)c2ncc(-c3cnccn3)cc12. The highest BCUT2D eigenvalue weighted by Gasteiger charge is 2.13. The number of nitrogens with zero attached hydrogens (tertiary/aromatic N) is 4. The Labute approximate surface area is 140 Å². The zero-order valence-electron chi connectivity index (χ0n) is 13.8. The summed E-state index contributed by atoms with van der Waals surface area (Å²) in [5.74, 6) is 0. The van der Waals surface area contributed by atoms with Gasteiger partial charge in [-0.25, -0.2) is 4.98 Å². The second-order valence-corrected chi connectivity index (χ2v) is 5.85. The van der Waals surface area contributed by atoms with E-state index in [0.717, 1.165) is 28.7 Å². The Kier molecular flexibility index (Phi) is 3.58. The van der Waals surface area contributed by atoms with Crippen molar-refractivity contribution in [3.63, 3.8) is 0 Å². The molecule has 0 fully saturated rings. The highest BCUT2D eigenvalue weighted by molar-refractivity contribution is 5.96. The van der Waals surface area contributed by atoms with Gasteiger partial charge in [0.2, 0.25) is 0 Å². The number of aryl methyl sites for hydroxylation is 2. The molecule has 0 unspecified atom stereocenters. The first kappa shape index (κ1) is 14.6. The first-order valence-electron chi connectivity index (χ1n) is 8.07. The van der Waals surface area contributed by atoms with Crippen LogP contribution in [-0.2, 0) is 13.5 Å². The maximum Gasteiger partial charge on any atom is 0.140 e. The van der Waals surface area contributed by atoms with E-state index in [9.17, 15) is 0 Å². The van der Waals surface area contributed by atoms with E-state index in [1.807, 2.05) is 13.2 Å². The number of benzene rings is 1. The summed E-state index contributed by atoms with van der Waals surface area (Å²) in [5, 5.41) is 1.14. The molecule has 4 aromatic rings. The van der Waals surface area contributed by atoms with Crippen LogP contribution in [0.5, 0.6) is 0 Å². The summed E-state index contributed by atoms with van der Waals surface area (Å²) in [6.07, 6.45) is 10.2. The Morgan fingerprint density at radius 2 is 1.88 bits per heavy atom. The van der Waals surface area contributed by atoms with E-state index in [4.69, 9.17) is 0 Å². The molecule has 0 aliphatic carbocycles. The quantitative estimate of drug-likeness (QED) is 0.567. The van der Waals surface area contributed by atoms with Crippen molar-refractivity contribution in [3.8, 4) is 22.4 Å². The van der Waals surface area contributed by atoms with Gasteiger partial charge in [0.05, 0.1) is 11.9 Å². The number of hydrogen-bond donors (Lipinski definition) is 0.